The van der Waals surface area contributed by atoms with Crippen LogP contribution in [-0.2, 0) is 25.7 Å². The van der Waals surface area contributed by atoms with Gasteiger partial charge in [-0.25, -0.2) is 0 Å². The molecule has 2 aliphatic rings. The van der Waals surface area contributed by atoms with E-state index >= 15 is 0 Å². The molecule has 6 aromatic rings. The van der Waals surface area contributed by atoms with Crippen molar-refractivity contribution in [2.45, 2.75) is 51.4 Å². The average molecular weight is 597 g/mol. The summed E-state index contributed by atoms with van der Waals surface area (Å²) in [6.07, 6.45) is 9.92. The fraction of sp³-hybridized carbons (Fsp3) is 0.182. The lowest BCUT2D eigenvalue weighted by molar-refractivity contribution is 0.685. The van der Waals surface area contributed by atoms with Crippen LogP contribution in [0.15, 0.2) is 146 Å². The zero-order valence-electron chi connectivity index (χ0n) is 26.4. The molecule has 0 amide bonds. The van der Waals surface area contributed by atoms with Crippen molar-refractivity contribution in [2.24, 2.45) is 0 Å². The maximum absolute atomic E-state index is 2.41. The van der Waals surface area contributed by atoms with Gasteiger partial charge in [0.15, 0.2) is 0 Å². The first kappa shape index (κ1) is 28.4. The molecule has 2 aliphatic carbocycles. The van der Waals surface area contributed by atoms with Crippen LogP contribution in [0.1, 0.15) is 47.9 Å². The van der Waals surface area contributed by atoms with Crippen LogP contribution in [0.4, 0.5) is 34.1 Å². The Morgan fingerprint density at radius 1 is 0.283 bits per heavy atom. The van der Waals surface area contributed by atoms with E-state index in [0.29, 0.717) is 0 Å². The van der Waals surface area contributed by atoms with Gasteiger partial charge < -0.3 is 9.80 Å². The van der Waals surface area contributed by atoms with Crippen LogP contribution in [0.2, 0.25) is 0 Å². The minimum absolute atomic E-state index is 1.17. The number of aryl methyl sites for hydroxylation is 4. The zero-order valence-corrected chi connectivity index (χ0v) is 26.4. The first-order valence-corrected chi connectivity index (χ1v) is 16.9. The lowest BCUT2D eigenvalue weighted by Crippen LogP contribution is -2.12. The van der Waals surface area contributed by atoms with E-state index in [9.17, 15) is 0 Å². The topological polar surface area (TPSA) is 6.48 Å². The molecule has 0 heterocycles. The van der Waals surface area contributed by atoms with Crippen molar-refractivity contribution >= 4 is 34.1 Å². The number of anilines is 6. The van der Waals surface area contributed by atoms with Crippen LogP contribution in [0.25, 0.3) is 11.1 Å². The smallest absolute Gasteiger partial charge is 0.0464 e. The van der Waals surface area contributed by atoms with Crippen LogP contribution in [0, 0.1) is 0 Å². The molecule has 0 N–H and O–H groups in total. The maximum Gasteiger partial charge on any atom is 0.0464 e. The third-order valence-corrected chi connectivity index (χ3v) is 9.79. The highest BCUT2D eigenvalue weighted by Crippen LogP contribution is 2.40. The Hall–Kier alpha value is -5.08. The molecule has 226 valence electrons. The predicted octanol–water partition coefficient (Wildman–Crippen LogP) is 12.1. The van der Waals surface area contributed by atoms with E-state index in [0.717, 1.165) is 0 Å². The quantitative estimate of drug-likeness (QED) is 0.181. The number of fused-ring (bicyclic) bond motifs is 2. The Labute approximate surface area is 273 Å². The number of benzene rings is 6. The second-order valence-electron chi connectivity index (χ2n) is 12.8. The van der Waals surface area contributed by atoms with E-state index in [-0.39, 0.29) is 0 Å². The first-order chi connectivity index (χ1) is 22.8. The Balaban J connectivity index is 1.10. The van der Waals surface area contributed by atoms with E-state index in [1.807, 2.05) is 0 Å². The summed E-state index contributed by atoms with van der Waals surface area (Å²) in [6, 6.07) is 53.7. The fourth-order valence-electron chi connectivity index (χ4n) is 7.37. The molecule has 6 aromatic carbocycles. The monoisotopic (exact) mass is 596 g/mol. The molecule has 0 radical (unpaired) electrons. The number of para-hydroxylation sites is 2. The van der Waals surface area contributed by atoms with Gasteiger partial charge in [0.25, 0.3) is 0 Å². The van der Waals surface area contributed by atoms with Crippen molar-refractivity contribution in [2.75, 3.05) is 9.80 Å². The van der Waals surface area contributed by atoms with Crippen molar-refractivity contribution < 1.29 is 0 Å². The standard InChI is InChI=1S/C44H40N2/c1-3-15-39(16-4-1)45(43-29-23-33-11-7-9-13-37(33)31-43)41-25-19-35(20-26-41)36-21-27-42(28-22-36)46(40-17-5-2-6-18-40)44-30-24-34-12-8-10-14-38(34)32-44/h1-6,15-32H,7-14H2. The SMILES string of the molecule is c1ccc(N(c2ccc(-c3ccc(N(c4ccccc4)c4ccc5c(c4)CCCC5)cc3)cc2)c2ccc3c(c2)CCCC3)cc1. The normalized spacial score (nSPS) is 13.8. The van der Waals surface area contributed by atoms with Gasteiger partial charge in [-0.15, -0.1) is 0 Å². The molecule has 0 aromatic heterocycles. The third kappa shape index (κ3) is 5.72. The molecule has 2 nitrogen and oxygen atoms in total. The Morgan fingerprint density at radius 2 is 0.609 bits per heavy atom. The number of hydrogen-bond acceptors (Lipinski definition) is 2. The van der Waals surface area contributed by atoms with Gasteiger partial charge in [0.05, 0.1) is 0 Å². The van der Waals surface area contributed by atoms with E-state index in [4.69, 9.17) is 0 Å². The van der Waals surface area contributed by atoms with Gasteiger partial charge in [-0.05, 0) is 158 Å². The van der Waals surface area contributed by atoms with Crippen molar-refractivity contribution in [1.82, 2.24) is 0 Å². The highest BCUT2D eigenvalue weighted by Gasteiger charge is 2.18. The van der Waals surface area contributed by atoms with Gasteiger partial charge in [0, 0.05) is 34.1 Å². The molecule has 0 spiro atoms. The van der Waals surface area contributed by atoms with E-state index in [1.165, 1.54) is 119 Å². The van der Waals surface area contributed by atoms with Crippen molar-refractivity contribution in [3.8, 4) is 11.1 Å². The van der Waals surface area contributed by atoms with Gasteiger partial charge in [-0.2, -0.15) is 0 Å². The van der Waals surface area contributed by atoms with Gasteiger partial charge in [0.2, 0.25) is 0 Å². The molecule has 0 aliphatic heterocycles. The summed E-state index contributed by atoms with van der Waals surface area (Å²) in [7, 11) is 0. The summed E-state index contributed by atoms with van der Waals surface area (Å²) in [6.45, 7) is 0. The van der Waals surface area contributed by atoms with Gasteiger partial charge in [0.1, 0.15) is 0 Å². The van der Waals surface area contributed by atoms with Crippen LogP contribution >= 0.6 is 0 Å². The molecule has 8 rings (SSSR count). The van der Waals surface area contributed by atoms with E-state index in [2.05, 4.69) is 155 Å². The highest BCUT2D eigenvalue weighted by molar-refractivity contribution is 5.81. The summed E-state index contributed by atoms with van der Waals surface area (Å²) < 4.78 is 0. The van der Waals surface area contributed by atoms with Crippen LogP contribution in [-0.4, -0.2) is 0 Å². The maximum atomic E-state index is 2.41. The largest absolute Gasteiger partial charge is 0.310 e. The van der Waals surface area contributed by atoms with E-state index < -0.39 is 0 Å². The molecule has 46 heavy (non-hydrogen) atoms. The summed E-state index contributed by atoms with van der Waals surface area (Å²) in [4.78, 5) is 4.77. The van der Waals surface area contributed by atoms with Gasteiger partial charge in [-0.1, -0.05) is 72.8 Å². The number of nitrogens with zero attached hydrogens (tertiary/aromatic N) is 2. The predicted molar refractivity (Wildman–Crippen MR) is 195 cm³/mol. The van der Waals surface area contributed by atoms with Crippen molar-refractivity contribution in [3.63, 3.8) is 0 Å². The minimum Gasteiger partial charge on any atom is -0.310 e. The summed E-state index contributed by atoms with van der Waals surface area (Å²) in [5.41, 5.74) is 15.6. The molecule has 2 heteroatoms. The average Bonchev–Trinajstić information content (AvgIpc) is 3.13. The summed E-state index contributed by atoms with van der Waals surface area (Å²) in [5, 5.41) is 0. The molecular weight excluding hydrogens is 556 g/mol. The lowest BCUT2D eigenvalue weighted by atomic mass is 9.91. The number of rotatable bonds is 7. The molecule has 0 saturated carbocycles. The fourth-order valence-corrected chi connectivity index (χ4v) is 7.37. The van der Waals surface area contributed by atoms with E-state index in [1.54, 1.807) is 0 Å². The van der Waals surface area contributed by atoms with Crippen LogP contribution in [0.3, 0.4) is 0 Å². The number of hydrogen-bond donors (Lipinski definition) is 0. The summed E-state index contributed by atoms with van der Waals surface area (Å²) >= 11 is 0. The second kappa shape index (κ2) is 12.7. The first-order valence-electron chi connectivity index (χ1n) is 16.9. The Bertz CT molecular complexity index is 1780. The Kier molecular flexibility index (Phi) is 7.86. The van der Waals surface area contributed by atoms with Crippen molar-refractivity contribution in [1.29, 1.82) is 0 Å². The molecule has 0 atom stereocenters. The molecule has 0 bridgehead atoms. The molecular formula is C44H40N2. The Morgan fingerprint density at radius 3 is 1.00 bits per heavy atom. The molecule has 0 fully saturated rings. The zero-order chi connectivity index (χ0) is 30.7. The van der Waals surface area contributed by atoms with Crippen LogP contribution < -0.4 is 9.80 Å². The summed E-state index contributed by atoms with van der Waals surface area (Å²) in [5.74, 6) is 0. The van der Waals surface area contributed by atoms with Gasteiger partial charge in [-0.3, -0.25) is 0 Å². The highest BCUT2D eigenvalue weighted by atomic mass is 15.1. The second-order valence-corrected chi connectivity index (χ2v) is 12.8. The molecule has 0 unspecified atom stereocenters. The van der Waals surface area contributed by atoms with Crippen LogP contribution in [0.5, 0.6) is 0 Å². The lowest BCUT2D eigenvalue weighted by Gasteiger charge is -2.28. The van der Waals surface area contributed by atoms with Crippen molar-refractivity contribution in [3.05, 3.63) is 168 Å². The third-order valence-electron chi connectivity index (χ3n) is 9.79. The minimum atomic E-state index is 1.17. The molecule has 0 saturated heterocycles. The van der Waals surface area contributed by atoms with Gasteiger partial charge >= 0.3 is 0 Å².